The third kappa shape index (κ3) is 4.96. The molecule has 0 radical (unpaired) electrons. The Kier molecular flexibility index (Phi) is 7.89. The van der Waals surface area contributed by atoms with E-state index in [0.717, 1.165) is 6.42 Å². The maximum absolute atomic E-state index is 14.8. The Hall–Kier alpha value is -2.19. The number of fused-ring (bicyclic) bond motifs is 2. The number of esters is 1. The van der Waals surface area contributed by atoms with Crippen LogP contribution in [0.2, 0.25) is 0 Å². The maximum atomic E-state index is 14.8. The third-order valence-corrected chi connectivity index (χ3v) is 8.88. The molecule has 1 spiro atoms. The number of aliphatic hydroxyl groups is 1. The lowest BCUT2D eigenvalue weighted by atomic mass is 9.73. The van der Waals surface area contributed by atoms with Crippen molar-refractivity contribution in [1.29, 1.82) is 0 Å². The van der Waals surface area contributed by atoms with Crippen LogP contribution in [-0.2, 0) is 23.9 Å². The molecular weight excluding hydrogens is 496 g/mol. The molecule has 2 fully saturated rings. The van der Waals surface area contributed by atoms with Gasteiger partial charge in [-0.3, -0.25) is 14.4 Å². The Bertz CT molecular complexity index is 1040. The third-order valence-electron chi connectivity index (χ3n) is 8.88. The van der Waals surface area contributed by atoms with E-state index in [0.29, 0.717) is 25.8 Å². The van der Waals surface area contributed by atoms with Crippen molar-refractivity contribution in [3.63, 3.8) is 0 Å². The standard InChI is InChI=1S/C31H48N2O6/c1-9-30-13-10-11-16-38-27(37)23(30)22-25(35)33(21(18-34)17-20(2)3)24-26(36)32(15-12-14-31(22,24)39-30)29(7,8)19-28(4,5)6/h10,12-14,20-24,34H,9,11,15-19H2,1-8H3/t21-,22+,23-,24?,30+,31+/m1/s1. The quantitative estimate of drug-likeness (QED) is 0.386. The smallest absolute Gasteiger partial charge is 0.313 e. The normalized spacial score (nSPS) is 33.9. The average molecular weight is 545 g/mol. The van der Waals surface area contributed by atoms with Gasteiger partial charge in [-0.1, -0.05) is 65.8 Å². The molecule has 0 bridgehead atoms. The number of carbonyl (C=O) groups is 3. The summed E-state index contributed by atoms with van der Waals surface area (Å²) in [6.07, 6.45) is 9.98. The van der Waals surface area contributed by atoms with Crippen LogP contribution in [0.5, 0.6) is 0 Å². The fourth-order valence-electron chi connectivity index (χ4n) is 7.82. The first-order valence-electron chi connectivity index (χ1n) is 14.6. The summed E-state index contributed by atoms with van der Waals surface area (Å²) in [4.78, 5) is 46.3. The second-order valence-electron chi connectivity index (χ2n) is 14.1. The van der Waals surface area contributed by atoms with E-state index < -0.39 is 46.6 Å². The van der Waals surface area contributed by atoms with E-state index in [4.69, 9.17) is 9.47 Å². The SMILES string of the molecule is CC[C@]12C=CCCOC(=O)[C@H]1[C@H]1C(=O)N([C@@H](CO)CC(C)C)C3C(=O)N(C(C)(C)CC(C)(C)C)CC=C[C@@]31O2. The number of nitrogens with zero attached hydrogens (tertiary/aromatic N) is 2. The van der Waals surface area contributed by atoms with Crippen LogP contribution in [0.4, 0.5) is 0 Å². The van der Waals surface area contributed by atoms with Crippen molar-refractivity contribution >= 4 is 17.8 Å². The van der Waals surface area contributed by atoms with Crippen molar-refractivity contribution < 1.29 is 29.0 Å². The highest BCUT2D eigenvalue weighted by Gasteiger charge is 2.76. The van der Waals surface area contributed by atoms with Gasteiger partial charge in [0.15, 0.2) is 0 Å². The first-order valence-corrected chi connectivity index (χ1v) is 14.6. The van der Waals surface area contributed by atoms with Crippen molar-refractivity contribution in [1.82, 2.24) is 9.80 Å². The zero-order valence-electron chi connectivity index (χ0n) is 25.0. The molecule has 218 valence electrons. The number of cyclic esters (lactones) is 1. The summed E-state index contributed by atoms with van der Waals surface area (Å²) >= 11 is 0. The lowest BCUT2D eigenvalue weighted by molar-refractivity contribution is -0.165. The molecule has 0 aromatic heterocycles. The summed E-state index contributed by atoms with van der Waals surface area (Å²) in [6, 6.07) is -1.57. The van der Waals surface area contributed by atoms with E-state index in [-0.39, 0.29) is 36.4 Å². The van der Waals surface area contributed by atoms with Gasteiger partial charge in [-0.25, -0.2) is 0 Å². The van der Waals surface area contributed by atoms with Crippen LogP contribution in [0.15, 0.2) is 24.3 Å². The van der Waals surface area contributed by atoms with E-state index in [1.54, 1.807) is 4.90 Å². The van der Waals surface area contributed by atoms with E-state index in [2.05, 4.69) is 34.6 Å². The molecule has 4 heterocycles. The minimum atomic E-state index is -1.35. The molecule has 8 nitrogen and oxygen atoms in total. The number of aliphatic hydroxyl groups excluding tert-OH is 1. The van der Waals surface area contributed by atoms with Gasteiger partial charge in [0.05, 0.1) is 25.2 Å². The highest BCUT2D eigenvalue weighted by molar-refractivity contribution is 5.99. The van der Waals surface area contributed by atoms with Crippen molar-refractivity contribution in [2.24, 2.45) is 23.2 Å². The van der Waals surface area contributed by atoms with Crippen molar-refractivity contribution in [2.45, 2.75) is 110 Å². The average Bonchev–Trinajstić information content (AvgIpc) is 3.16. The fourth-order valence-corrected chi connectivity index (χ4v) is 7.82. The molecule has 4 aliphatic rings. The van der Waals surface area contributed by atoms with Crippen LogP contribution in [0.25, 0.3) is 0 Å². The Morgan fingerprint density at radius 3 is 2.33 bits per heavy atom. The summed E-state index contributed by atoms with van der Waals surface area (Å²) in [5.41, 5.74) is -2.95. The molecule has 1 N–H and O–H groups in total. The maximum Gasteiger partial charge on any atom is 0.313 e. The Morgan fingerprint density at radius 1 is 1.05 bits per heavy atom. The van der Waals surface area contributed by atoms with E-state index in [1.165, 1.54) is 0 Å². The van der Waals surface area contributed by atoms with Gasteiger partial charge in [0.25, 0.3) is 0 Å². The van der Waals surface area contributed by atoms with E-state index in [9.17, 15) is 19.5 Å². The highest BCUT2D eigenvalue weighted by Crippen LogP contribution is 2.59. The van der Waals surface area contributed by atoms with Crippen LogP contribution < -0.4 is 0 Å². The summed E-state index contributed by atoms with van der Waals surface area (Å²) < 4.78 is 12.6. The Morgan fingerprint density at radius 2 is 1.74 bits per heavy atom. The van der Waals surface area contributed by atoms with Crippen LogP contribution in [0, 0.1) is 23.2 Å². The molecule has 0 aliphatic carbocycles. The first kappa shape index (κ1) is 29.8. The molecule has 0 saturated carbocycles. The zero-order chi connectivity index (χ0) is 29.0. The van der Waals surface area contributed by atoms with Crippen LogP contribution in [0.3, 0.4) is 0 Å². The zero-order valence-corrected chi connectivity index (χ0v) is 25.0. The van der Waals surface area contributed by atoms with Gasteiger partial charge in [0.2, 0.25) is 11.8 Å². The largest absolute Gasteiger partial charge is 0.465 e. The Labute approximate surface area is 233 Å². The second-order valence-corrected chi connectivity index (χ2v) is 14.1. The minimum absolute atomic E-state index is 0.0351. The monoisotopic (exact) mass is 544 g/mol. The van der Waals surface area contributed by atoms with Gasteiger partial charge in [-0.15, -0.1) is 0 Å². The minimum Gasteiger partial charge on any atom is -0.465 e. The number of amides is 2. The van der Waals surface area contributed by atoms with Crippen LogP contribution in [0.1, 0.15) is 81.1 Å². The Balaban J connectivity index is 1.91. The number of hydrogen-bond donors (Lipinski definition) is 1. The molecule has 6 atom stereocenters. The molecule has 0 aromatic carbocycles. The predicted molar refractivity (Wildman–Crippen MR) is 149 cm³/mol. The topological polar surface area (TPSA) is 96.4 Å². The molecule has 1 unspecified atom stereocenters. The lowest BCUT2D eigenvalue weighted by Crippen LogP contribution is -2.62. The van der Waals surface area contributed by atoms with Gasteiger partial charge in [0, 0.05) is 12.1 Å². The van der Waals surface area contributed by atoms with Crippen molar-refractivity contribution in [3.8, 4) is 0 Å². The fraction of sp³-hybridized carbons (Fsp3) is 0.774. The number of likely N-dealkylation sites (tertiary alicyclic amines) is 1. The molecule has 0 aromatic rings. The van der Waals surface area contributed by atoms with Gasteiger partial charge in [-0.05, 0) is 50.9 Å². The number of hydrogen-bond acceptors (Lipinski definition) is 6. The highest BCUT2D eigenvalue weighted by atomic mass is 16.6. The summed E-state index contributed by atoms with van der Waals surface area (Å²) in [5, 5.41) is 10.5. The van der Waals surface area contributed by atoms with Gasteiger partial charge < -0.3 is 24.4 Å². The summed E-state index contributed by atoms with van der Waals surface area (Å²) in [7, 11) is 0. The molecule has 39 heavy (non-hydrogen) atoms. The van der Waals surface area contributed by atoms with Crippen LogP contribution in [-0.4, -0.2) is 81.3 Å². The first-order chi connectivity index (χ1) is 18.1. The van der Waals surface area contributed by atoms with Crippen molar-refractivity contribution in [3.05, 3.63) is 24.3 Å². The predicted octanol–water partition coefficient (Wildman–Crippen LogP) is 3.87. The van der Waals surface area contributed by atoms with Gasteiger partial charge in [0.1, 0.15) is 23.2 Å². The molecule has 2 amide bonds. The molecule has 4 rings (SSSR count). The van der Waals surface area contributed by atoms with E-state index >= 15 is 0 Å². The van der Waals surface area contributed by atoms with Crippen LogP contribution >= 0.6 is 0 Å². The number of ether oxygens (including phenoxy) is 2. The summed E-state index contributed by atoms with van der Waals surface area (Å²) in [5.74, 6) is -2.61. The van der Waals surface area contributed by atoms with E-state index in [1.807, 2.05) is 50.0 Å². The lowest BCUT2D eigenvalue weighted by Gasteiger charge is -2.46. The number of rotatable bonds is 7. The summed E-state index contributed by atoms with van der Waals surface area (Å²) in [6.45, 7) is 16.9. The van der Waals surface area contributed by atoms with Crippen molar-refractivity contribution in [2.75, 3.05) is 19.8 Å². The molecular formula is C31H48N2O6. The van der Waals surface area contributed by atoms with Gasteiger partial charge in [-0.2, -0.15) is 0 Å². The molecule has 4 aliphatic heterocycles. The molecule has 8 heteroatoms. The second kappa shape index (κ2) is 10.3. The van der Waals surface area contributed by atoms with Gasteiger partial charge >= 0.3 is 5.97 Å². The molecule has 2 saturated heterocycles. The number of carbonyl (C=O) groups excluding carboxylic acids is 3.